The Morgan fingerprint density at radius 2 is 2.04 bits per heavy atom. The monoisotopic (exact) mass is 355 g/mol. The Hall–Kier alpha value is -1.73. The molecular formula is C18H24F3N3O. The Balaban J connectivity index is 1.65. The number of nitrogens with zero attached hydrogens (tertiary/aromatic N) is 1. The van der Waals surface area contributed by atoms with Crippen LogP contribution in [0.4, 0.5) is 13.2 Å². The molecule has 0 amide bonds. The maximum absolute atomic E-state index is 12.3. The van der Waals surface area contributed by atoms with Crippen LogP contribution in [0, 0.1) is 6.92 Å². The average molecular weight is 355 g/mol. The summed E-state index contributed by atoms with van der Waals surface area (Å²) in [5.74, 6) is 0.863. The standard InChI is InChI=1S/C18H24F3N3O/c1-12-9-16(25-2)15(14-3-6-22-17(12)14)10-24-7-4-13(5-8-24)23-11-18(19,20)21/h3,6,9,13,22-23H,4-5,7-8,10-11H2,1-2H3. The highest BCUT2D eigenvalue weighted by Crippen LogP contribution is 2.32. The largest absolute Gasteiger partial charge is 0.496 e. The molecule has 0 radical (unpaired) electrons. The molecule has 1 aliphatic heterocycles. The molecular weight excluding hydrogens is 331 g/mol. The van der Waals surface area contributed by atoms with Gasteiger partial charge >= 0.3 is 6.18 Å². The van der Waals surface area contributed by atoms with Crippen molar-refractivity contribution in [2.24, 2.45) is 0 Å². The number of fused-ring (bicyclic) bond motifs is 1. The molecule has 1 aliphatic rings. The summed E-state index contributed by atoms with van der Waals surface area (Å²) in [6.07, 6.45) is -0.777. The Morgan fingerprint density at radius 3 is 2.68 bits per heavy atom. The lowest BCUT2D eigenvalue weighted by atomic mass is 10.0. The lowest BCUT2D eigenvalue weighted by Crippen LogP contribution is -2.45. The number of aromatic nitrogens is 1. The fraction of sp³-hybridized carbons (Fsp3) is 0.556. The number of nitrogens with one attached hydrogen (secondary N) is 2. The lowest BCUT2D eigenvalue weighted by molar-refractivity contribution is -0.126. The highest BCUT2D eigenvalue weighted by Gasteiger charge is 2.29. The topological polar surface area (TPSA) is 40.3 Å². The first kappa shape index (κ1) is 18.1. The molecule has 2 N–H and O–H groups in total. The highest BCUT2D eigenvalue weighted by molar-refractivity contribution is 5.88. The van der Waals surface area contributed by atoms with Crippen molar-refractivity contribution in [2.45, 2.75) is 38.5 Å². The Kier molecular flexibility index (Phi) is 5.24. The molecule has 138 valence electrons. The van der Waals surface area contributed by atoms with E-state index in [1.54, 1.807) is 7.11 Å². The van der Waals surface area contributed by atoms with Gasteiger partial charge in [-0.25, -0.2) is 0 Å². The molecule has 1 fully saturated rings. The summed E-state index contributed by atoms with van der Waals surface area (Å²) in [5, 5.41) is 3.77. The number of likely N-dealkylation sites (tertiary alicyclic amines) is 1. The molecule has 0 bridgehead atoms. The zero-order chi connectivity index (χ0) is 18.0. The molecule has 3 rings (SSSR count). The molecule has 0 spiro atoms. The van der Waals surface area contributed by atoms with Gasteiger partial charge in [0.1, 0.15) is 5.75 Å². The fourth-order valence-corrected chi connectivity index (χ4v) is 3.56. The molecule has 0 unspecified atom stereocenters. The van der Waals surface area contributed by atoms with Gasteiger partial charge < -0.3 is 15.0 Å². The van der Waals surface area contributed by atoms with Gasteiger partial charge in [0, 0.05) is 35.2 Å². The number of benzene rings is 1. The third kappa shape index (κ3) is 4.27. The molecule has 7 heteroatoms. The number of ether oxygens (including phenoxy) is 1. The van der Waals surface area contributed by atoms with Gasteiger partial charge in [-0.3, -0.25) is 4.90 Å². The van der Waals surface area contributed by atoms with Gasteiger partial charge in [0.15, 0.2) is 0 Å². The van der Waals surface area contributed by atoms with E-state index in [-0.39, 0.29) is 6.04 Å². The summed E-state index contributed by atoms with van der Waals surface area (Å²) < 4.78 is 42.5. The summed E-state index contributed by atoms with van der Waals surface area (Å²) in [6, 6.07) is 4.02. The smallest absolute Gasteiger partial charge is 0.401 e. The van der Waals surface area contributed by atoms with E-state index in [4.69, 9.17) is 4.74 Å². The second-order valence-corrected chi connectivity index (χ2v) is 6.69. The predicted molar refractivity (Wildman–Crippen MR) is 91.9 cm³/mol. The van der Waals surface area contributed by atoms with Crippen LogP contribution in [0.15, 0.2) is 18.3 Å². The van der Waals surface area contributed by atoms with Gasteiger partial charge in [0.25, 0.3) is 0 Å². The number of piperidine rings is 1. The summed E-state index contributed by atoms with van der Waals surface area (Å²) in [5.41, 5.74) is 3.37. The highest BCUT2D eigenvalue weighted by atomic mass is 19.4. The van der Waals surface area contributed by atoms with E-state index in [0.717, 1.165) is 60.3 Å². The van der Waals surface area contributed by atoms with Crippen LogP contribution in [0.5, 0.6) is 5.75 Å². The van der Waals surface area contributed by atoms with Crippen LogP contribution in [0.1, 0.15) is 24.0 Å². The van der Waals surface area contributed by atoms with Crippen molar-refractivity contribution in [3.63, 3.8) is 0 Å². The van der Waals surface area contributed by atoms with Crippen molar-refractivity contribution in [3.05, 3.63) is 29.5 Å². The third-order valence-corrected chi connectivity index (χ3v) is 4.89. The lowest BCUT2D eigenvalue weighted by Gasteiger charge is -2.33. The molecule has 0 aliphatic carbocycles. The number of H-pyrrole nitrogens is 1. The molecule has 4 nitrogen and oxygen atoms in total. The normalized spacial score (nSPS) is 17.3. The van der Waals surface area contributed by atoms with Crippen molar-refractivity contribution < 1.29 is 17.9 Å². The first-order valence-corrected chi connectivity index (χ1v) is 8.53. The van der Waals surface area contributed by atoms with Gasteiger partial charge in [0.2, 0.25) is 0 Å². The van der Waals surface area contributed by atoms with E-state index in [1.165, 1.54) is 0 Å². The Morgan fingerprint density at radius 1 is 1.32 bits per heavy atom. The van der Waals surface area contributed by atoms with Gasteiger partial charge in [0.05, 0.1) is 13.7 Å². The van der Waals surface area contributed by atoms with Crippen LogP contribution in [0.25, 0.3) is 10.9 Å². The van der Waals surface area contributed by atoms with Gasteiger partial charge in [-0.1, -0.05) is 0 Å². The summed E-state index contributed by atoms with van der Waals surface area (Å²) in [4.78, 5) is 5.55. The summed E-state index contributed by atoms with van der Waals surface area (Å²) in [6.45, 7) is 3.43. The van der Waals surface area contributed by atoms with Crippen LogP contribution in [-0.2, 0) is 6.54 Å². The van der Waals surface area contributed by atoms with E-state index in [0.29, 0.717) is 0 Å². The maximum Gasteiger partial charge on any atom is 0.401 e. The van der Waals surface area contributed by atoms with Crippen LogP contribution < -0.4 is 10.1 Å². The molecule has 1 aromatic heterocycles. The minimum absolute atomic E-state index is 0.0648. The van der Waals surface area contributed by atoms with E-state index in [9.17, 15) is 13.2 Å². The Bertz CT molecular complexity index is 718. The number of halogens is 3. The van der Waals surface area contributed by atoms with E-state index in [2.05, 4.69) is 21.3 Å². The van der Waals surface area contributed by atoms with Crippen molar-refractivity contribution in [2.75, 3.05) is 26.7 Å². The van der Waals surface area contributed by atoms with Crippen molar-refractivity contribution in [1.29, 1.82) is 0 Å². The van der Waals surface area contributed by atoms with E-state index in [1.807, 2.05) is 19.2 Å². The van der Waals surface area contributed by atoms with Gasteiger partial charge in [-0.05, 0) is 50.6 Å². The van der Waals surface area contributed by atoms with Crippen LogP contribution >= 0.6 is 0 Å². The van der Waals surface area contributed by atoms with Crippen molar-refractivity contribution in [1.82, 2.24) is 15.2 Å². The van der Waals surface area contributed by atoms with Crippen LogP contribution in [0.2, 0.25) is 0 Å². The molecule has 2 aromatic rings. The number of methoxy groups -OCH3 is 1. The molecule has 0 saturated carbocycles. The molecule has 0 atom stereocenters. The number of hydrogen-bond acceptors (Lipinski definition) is 3. The minimum Gasteiger partial charge on any atom is -0.496 e. The number of aryl methyl sites for hydroxylation is 1. The van der Waals surface area contributed by atoms with Crippen LogP contribution in [-0.4, -0.2) is 48.8 Å². The molecule has 1 aromatic carbocycles. The average Bonchev–Trinajstić information content (AvgIpc) is 3.06. The Labute approximate surface area is 145 Å². The van der Waals surface area contributed by atoms with E-state index < -0.39 is 12.7 Å². The number of hydrogen-bond donors (Lipinski definition) is 2. The first-order chi connectivity index (χ1) is 11.9. The zero-order valence-corrected chi connectivity index (χ0v) is 14.5. The van der Waals surface area contributed by atoms with E-state index >= 15 is 0 Å². The molecule has 2 heterocycles. The minimum atomic E-state index is -4.15. The summed E-state index contributed by atoms with van der Waals surface area (Å²) in [7, 11) is 1.67. The second-order valence-electron chi connectivity index (χ2n) is 6.69. The number of alkyl halides is 3. The SMILES string of the molecule is COc1cc(C)c2[nH]ccc2c1CN1CCC(NCC(F)(F)F)CC1. The quantitative estimate of drug-likeness (QED) is 0.861. The molecule has 1 saturated heterocycles. The second kappa shape index (κ2) is 7.25. The van der Waals surface area contributed by atoms with Crippen LogP contribution in [0.3, 0.4) is 0 Å². The zero-order valence-electron chi connectivity index (χ0n) is 14.5. The number of aromatic amines is 1. The van der Waals surface area contributed by atoms with Crippen molar-refractivity contribution >= 4 is 10.9 Å². The number of rotatable bonds is 5. The van der Waals surface area contributed by atoms with Crippen molar-refractivity contribution in [3.8, 4) is 5.75 Å². The van der Waals surface area contributed by atoms with Gasteiger partial charge in [-0.15, -0.1) is 0 Å². The summed E-state index contributed by atoms with van der Waals surface area (Å²) >= 11 is 0. The fourth-order valence-electron chi connectivity index (χ4n) is 3.56. The maximum atomic E-state index is 12.3. The molecule has 25 heavy (non-hydrogen) atoms. The third-order valence-electron chi connectivity index (χ3n) is 4.89. The predicted octanol–water partition coefficient (Wildman–Crippen LogP) is 3.60. The van der Waals surface area contributed by atoms with Gasteiger partial charge in [-0.2, -0.15) is 13.2 Å². The first-order valence-electron chi connectivity index (χ1n) is 8.53.